The number of nitrogens with zero attached hydrogens (tertiary/aromatic N) is 1. The highest BCUT2D eigenvalue weighted by Gasteiger charge is 2.14. The summed E-state index contributed by atoms with van der Waals surface area (Å²) in [5, 5.41) is 19.8. The van der Waals surface area contributed by atoms with Crippen molar-refractivity contribution >= 4 is 5.97 Å². The van der Waals surface area contributed by atoms with Gasteiger partial charge in [-0.25, -0.2) is 0 Å². The van der Waals surface area contributed by atoms with E-state index in [-0.39, 0.29) is 5.92 Å². The number of hydrogen-bond acceptors (Lipinski definition) is 3. The second-order valence-electron chi connectivity index (χ2n) is 2.74. The summed E-state index contributed by atoms with van der Waals surface area (Å²) < 4.78 is 0. The second kappa shape index (κ2) is 5.56. The van der Waals surface area contributed by atoms with Crippen LogP contribution in [0, 0.1) is 17.2 Å². The molecule has 0 fully saturated rings. The van der Waals surface area contributed by atoms with E-state index in [9.17, 15) is 4.79 Å². The van der Waals surface area contributed by atoms with Gasteiger partial charge in [0.05, 0.1) is 12.0 Å². The second-order valence-corrected chi connectivity index (χ2v) is 2.74. The summed E-state index contributed by atoms with van der Waals surface area (Å²) in [5.74, 6) is -0.999. The molecular formula is C8H14N2O2. The SMILES string of the molecule is CCC(NCC(C)C#N)C(=O)O. The van der Waals surface area contributed by atoms with Crippen molar-refractivity contribution in [2.75, 3.05) is 6.54 Å². The molecule has 0 aliphatic rings. The first-order valence-corrected chi connectivity index (χ1v) is 3.97. The lowest BCUT2D eigenvalue weighted by Gasteiger charge is -2.12. The summed E-state index contributed by atoms with van der Waals surface area (Å²) in [6.07, 6.45) is 0.535. The predicted molar refractivity (Wildman–Crippen MR) is 44.5 cm³/mol. The van der Waals surface area contributed by atoms with Crippen molar-refractivity contribution in [2.45, 2.75) is 26.3 Å². The van der Waals surface area contributed by atoms with Crippen molar-refractivity contribution in [3.63, 3.8) is 0 Å². The standard InChI is InChI=1S/C8H14N2O2/c1-3-7(8(11)12)10-5-6(2)4-9/h6-7,10H,3,5H2,1-2H3,(H,11,12). The Bertz CT molecular complexity index is 186. The first-order valence-electron chi connectivity index (χ1n) is 3.97. The van der Waals surface area contributed by atoms with E-state index in [2.05, 4.69) is 5.32 Å². The monoisotopic (exact) mass is 170 g/mol. The number of carbonyl (C=O) groups is 1. The van der Waals surface area contributed by atoms with Gasteiger partial charge in [0, 0.05) is 6.54 Å². The predicted octanol–water partition coefficient (Wildman–Crippen LogP) is 0.599. The molecule has 0 aliphatic carbocycles. The Hall–Kier alpha value is -1.08. The minimum atomic E-state index is -0.859. The number of nitrogens with one attached hydrogen (secondary N) is 1. The lowest BCUT2D eigenvalue weighted by atomic mass is 10.1. The van der Waals surface area contributed by atoms with Gasteiger partial charge in [-0.1, -0.05) is 6.92 Å². The van der Waals surface area contributed by atoms with Crippen LogP contribution in [0.1, 0.15) is 20.3 Å². The number of hydrogen-bond donors (Lipinski definition) is 2. The van der Waals surface area contributed by atoms with Crippen molar-refractivity contribution < 1.29 is 9.90 Å². The molecule has 0 aliphatic heterocycles. The molecule has 2 unspecified atom stereocenters. The molecule has 0 rings (SSSR count). The molecule has 4 nitrogen and oxygen atoms in total. The number of rotatable bonds is 5. The first kappa shape index (κ1) is 10.9. The molecule has 0 bridgehead atoms. The zero-order valence-electron chi connectivity index (χ0n) is 7.37. The summed E-state index contributed by atoms with van der Waals surface area (Å²) in [6, 6.07) is 1.50. The molecule has 0 saturated carbocycles. The van der Waals surface area contributed by atoms with Crippen LogP contribution < -0.4 is 5.32 Å². The Kier molecular flexibility index (Phi) is 5.06. The highest BCUT2D eigenvalue weighted by molar-refractivity contribution is 5.73. The summed E-state index contributed by atoms with van der Waals surface area (Å²) in [5.41, 5.74) is 0. The molecule has 68 valence electrons. The normalized spacial score (nSPS) is 14.8. The van der Waals surface area contributed by atoms with Crippen LogP contribution in [0.2, 0.25) is 0 Å². The number of carboxylic acid groups (broad SMARTS) is 1. The van der Waals surface area contributed by atoms with Gasteiger partial charge >= 0.3 is 5.97 Å². The maximum atomic E-state index is 10.5. The maximum Gasteiger partial charge on any atom is 0.320 e. The third-order valence-corrected chi connectivity index (χ3v) is 1.60. The molecule has 0 saturated heterocycles. The topological polar surface area (TPSA) is 73.1 Å². The van der Waals surface area contributed by atoms with Crippen LogP contribution in [0.15, 0.2) is 0 Å². The van der Waals surface area contributed by atoms with E-state index in [1.54, 1.807) is 13.8 Å². The number of nitriles is 1. The zero-order valence-corrected chi connectivity index (χ0v) is 7.37. The van der Waals surface area contributed by atoms with E-state index < -0.39 is 12.0 Å². The summed E-state index contributed by atoms with van der Waals surface area (Å²) in [7, 11) is 0. The van der Waals surface area contributed by atoms with Gasteiger partial charge in [0.15, 0.2) is 0 Å². The molecule has 4 heteroatoms. The fourth-order valence-electron chi connectivity index (χ4n) is 0.771. The molecule has 0 radical (unpaired) electrons. The Morgan fingerprint density at radius 2 is 2.33 bits per heavy atom. The van der Waals surface area contributed by atoms with E-state index in [0.717, 1.165) is 0 Å². The van der Waals surface area contributed by atoms with Crippen molar-refractivity contribution in [2.24, 2.45) is 5.92 Å². The van der Waals surface area contributed by atoms with Gasteiger partial charge in [0.25, 0.3) is 0 Å². The lowest BCUT2D eigenvalue weighted by Crippen LogP contribution is -2.38. The van der Waals surface area contributed by atoms with Crippen molar-refractivity contribution in [3.05, 3.63) is 0 Å². The fraction of sp³-hybridized carbons (Fsp3) is 0.750. The van der Waals surface area contributed by atoms with Crippen molar-refractivity contribution in [1.82, 2.24) is 5.32 Å². The summed E-state index contributed by atoms with van der Waals surface area (Å²) >= 11 is 0. The zero-order chi connectivity index (χ0) is 9.56. The van der Waals surface area contributed by atoms with Gasteiger partial charge in [-0.2, -0.15) is 5.26 Å². The van der Waals surface area contributed by atoms with Gasteiger partial charge in [-0.05, 0) is 13.3 Å². The highest BCUT2D eigenvalue weighted by Crippen LogP contribution is 1.94. The Labute approximate surface area is 72.2 Å². The fourth-order valence-corrected chi connectivity index (χ4v) is 0.771. The first-order chi connectivity index (χ1) is 5.61. The number of carboxylic acids is 1. The van der Waals surface area contributed by atoms with Crippen LogP contribution in [0.4, 0.5) is 0 Å². The minimum Gasteiger partial charge on any atom is -0.480 e. The Morgan fingerprint density at radius 1 is 1.75 bits per heavy atom. The quantitative estimate of drug-likeness (QED) is 0.633. The third kappa shape index (κ3) is 3.94. The van der Waals surface area contributed by atoms with E-state index in [1.807, 2.05) is 6.07 Å². The molecule has 0 spiro atoms. The highest BCUT2D eigenvalue weighted by atomic mass is 16.4. The van der Waals surface area contributed by atoms with Gasteiger partial charge in [0.2, 0.25) is 0 Å². The molecule has 0 aromatic heterocycles. The average molecular weight is 170 g/mol. The van der Waals surface area contributed by atoms with Crippen LogP contribution in [-0.4, -0.2) is 23.7 Å². The average Bonchev–Trinajstić information content (AvgIpc) is 2.04. The maximum absolute atomic E-state index is 10.5. The Balaban J connectivity index is 3.75. The van der Waals surface area contributed by atoms with E-state index in [1.165, 1.54) is 0 Å². The minimum absolute atomic E-state index is 0.140. The van der Waals surface area contributed by atoms with Crippen molar-refractivity contribution in [3.8, 4) is 6.07 Å². The molecule has 0 amide bonds. The third-order valence-electron chi connectivity index (χ3n) is 1.60. The lowest BCUT2D eigenvalue weighted by molar-refractivity contribution is -0.139. The molecule has 0 aromatic rings. The van der Waals surface area contributed by atoms with Gasteiger partial charge in [0.1, 0.15) is 6.04 Å². The van der Waals surface area contributed by atoms with Gasteiger partial charge in [-0.3, -0.25) is 4.79 Å². The molecule has 2 N–H and O–H groups in total. The van der Waals surface area contributed by atoms with Crippen LogP contribution in [0.5, 0.6) is 0 Å². The van der Waals surface area contributed by atoms with Crippen LogP contribution in [-0.2, 0) is 4.79 Å². The summed E-state index contributed by atoms with van der Waals surface area (Å²) in [4.78, 5) is 10.5. The van der Waals surface area contributed by atoms with Crippen LogP contribution in [0.25, 0.3) is 0 Å². The Morgan fingerprint density at radius 3 is 2.67 bits per heavy atom. The van der Waals surface area contributed by atoms with Crippen LogP contribution in [0.3, 0.4) is 0 Å². The van der Waals surface area contributed by atoms with E-state index >= 15 is 0 Å². The molecule has 0 aromatic carbocycles. The molecule has 2 atom stereocenters. The molecule has 0 heterocycles. The van der Waals surface area contributed by atoms with Crippen LogP contribution >= 0.6 is 0 Å². The van der Waals surface area contributed by atoms with Gasteiger partial charge < -0.3 is 10.4 Å². The largest absolute Gasteiger partial charge is 0.480 e. The molecular weight excluding hydrogens is 156 g/mol. The summed E-state index contributed by atoms with van der Waals surface area (Å²) in [6.45, 7) is 3.98. The van der Waals surface area contributed by atoms with Crippen molar-refractivity contribution in [1.29, 1.82) is 5.26 Å². The molecule has 12 heavy (non-hydrogen) atoms. The van der Waals surface area contributed by atoms with E-state index in [0.29, 0.717) is 13.0 Å². The van der Waals surface area contributed by atoms with Gasteiger partial charge in [-0.15, -0.1) is 0 Å². The van der Waals surface area contributed by atoms with E-state index in [4.69, 9.17) is 10.4 Å². The smallest absolute Gasteiger partial charge is 0.320 e. The number of aliphatic carboxylic acids is 1.